The highest BCUT2D eigenvalue weighted by Crippen LogP contribution is 2.45. The summed E-state index contributed by atoms with van der Waals surface area (Å²) in [6.07, 6.45) is 1.54. The molecule has 1 saturated heterocycles. The molecule has 4 rings (SSSR count). The molecule has 8 heteroatoms. The van der Waals surface area contributed by atoms with Crippen LogP contribution in [0, 0.1) is 17.6 Å². The quantitative estimate of drug-likeness (QED) is 0.639. The van der Waals surface area contributed by atoms with Crippen molar-refractivity contribution in [1.29, 1.82) is 0 Å². The van der Waals surface area contributed by atoms with Crippen LogP contribution in [-0.2, 0) is 4.79 Å². The van der Waals surface area contributed by atoms with Crippen molar-refractivity contribution in [2.75, 3.05) is 11.5 Å². The maximum absolute atomic E-state index is 14.9. The van der Waals surface area contributed by atoms with Gasteiger partial charge in [0.2, 0.25) is 5.91 Å². The molecule has 1 aromatic heterocycles. The summed E-state index contributed by atoms with van der Waals surface area (Å²) < 4.78 is 35.0. The second kappa shape index (κ2) is 6.81. The van der Waals surface area contributed by atoms with Crippen LogP contribution in [0.4, 0.5) is 14.5 Å². The summed E-state index contributed by atoms with van der Waals surface area (Å²) in [4.78, 5) is 21.0. The van der Waals surface area contributed by atoms with Gasteiger partial charge in [0, 0.05) is 23.4 Å². The molecule has 1 amide bonds. The molecule has 2 aromatic carbocycles. The molecular formula is C21H21F2N3O3. The lowest BCUT2D eigenvalue weighted by Gasteiger charge is -2.46. The number of hydrogen-bond donors (Lipinski definition) is 2. The van der Waals surface area contributed by atoms with Crippen molar-refractivity contribution in [3.05, 3.63) is 53.9 Å². The standard InChI is InChI=1S/C21H21F2N3O3/c1-11-19(18-14(22)7-13(8-15(18)23)29-9-21(2,3)28)26(20(11)27)12-4-5-16-17(6-12)25-10-24-16/h4-8,10-11,19,28H,9H2,1-3H3,(H,24,25)/t11-,19-/m1/s1. The zero-order chi connectivity index (χ0) is 20.9. The van der Waals surface area contributed by atoms with Crippen molar-refractivity contribution in [2.24, 2.45) is 5.92 Å². The first-order valence-corrected chi connectivity index (χ1v) is 9.26. The fourth-order valence-corrected chi connectivity index (χ4v) is 3.56. The zero-order valence-corrected chi connectivity index (χ0v) is 16.2. The van der Waals surface area contributed by atoms with Crippen molar-refractivity contribution in [3.63, 3.8) is 0 Å². The van der Waals surface area contributed by atoms with Gasteiger partial charge in [-0.05, 0) is 32.0 Å². The number of carbonyl (C=O) groups excluding carboxylic acids is 1. The van der Waals surface area contributed by atoms with Gasteiger partial charge in [-0.25, -0.2) is 13.8 Å². The predicted molar refractivity (Wildman–Crippen MR) is 104 cm³/mol. The number of hydrogen-bond acceptors (Lipinski definition) is 4. The summed E-state index contributed by atoms with van der Waals surface area (Å²) in [5, 5.41) is 9.73. The fourth-order valence-electron chi connectivity index (χ4n) is 3.56. The van der Waals surface area contributed by atoms with E-state index in [1.165, 1.54) is 25.1 Å². The lowest BCUT2D eigenvalue weighted by atomic mass is 9.82. The largest absolute Gasteiger partial charge is 0.490 e. The fraction of sp³-hybridized carbons (Fsp3) is 0.333. The Hall–Kier alpha value is -3.00. The Bertz CT molecular complexity index is 1070. The summed E-state index contributed by atoms with van der Waals surface area (Å²) in [5.41, 5.74) is 0.665. The van der Waals surface area contributed by atoms with Crippen LogP contribution < -0.4 is 9.64 Å². The predicted octanol–water partition coefficient (Wildman–Crippen LogP) is 3.71. The average Bonchev–Trinajstić information content (AvgIpc) is 3.12. The van der Waals surface area contributed by atoms with Crippen LogP contribution in [0.2, 0.25) is 0 Å². The third kappa shape index (κ3) is 3.44. The van der Waals surface area contributed by atoms with Crippen LogP contribution in [0.25, 0.3) is 11.0 Å². The van der Waals surface area contributed by atoms with E-state index in [1.54, 1.807) is 25.1 Å². The maximum Gasteiger partial charge on any atom is 0.232 e. The van der Waals surface area contributed by atoms with Crippen LogP contribution >= 0.6 is 0 Å². The molecule has 152 valence electrons. The van der Waals surface area contributed by atoms with Gasteiger partial charge in [-0.1, -0.05) is 6.92 Å². The van der Waals surface area contributed by atoms with E-state index >= 15 is 0 Å². The molecule has 3 aromatic rings. The number of halogens is 2. The highest BCUT2D eigenvalue weighted by atomic mass is 19.1. The molecule has 0 spiro atoms. The zero-order valence-electron chi connectivity index (χ0n) is 16.2. The second-order valence-electron chi connectivity index (χ2n) is 7.95. The third-order valence-corrected chi connectivity index (χ3v) is 5.00. The first-order valence-electron chi connectivity index (χ1n) is 9.26. The van der Waals surface area contributed by atoms with Gasteiger partial charge >= 0.3 is 0 Å². The number of carbonyl (C=O) groups is 1. The topological polar surface area (TPSA) is 78.5 Å². The Morgan fingerprint density at radius 1 is 1.24 bits per heavy atom. The minimum atomic E-state index is -1.14. The molecule has 2 atom stereocenters. The first kappa shape index (κ1) is 19.3. The number of nitrogens with zero attached hydrogens (tertiary/aromatic N) is 2. The Balaban J connectivity index is 1.67. The molecule has 2 heterocycles. The summed E-state index contributed by atoms with van der Waals surface area (Å²) in [6.45, 7) is 4.60. The number of fused-ring (bicyclic) bond motifs is 1. The Morgan fingerprint density at radius 2 is 1.93 bits per heavy atom. The number of anilines is 1. The number of nitrogens with one attached hydrogen (secondary N) is 1. The average molecular weight is 401 g/mol. The lowest BCUT2D eigenvalue weighted by molar-refractivity contribution is -0.129. The summed E-state index contributed by atoms with van der Waals surface area (Å²) in [5.74, 6) is -2.41. The summed E-state index contributed by atoms with van der Waals surface area (Å²) in [7, 11) is 0. The molecule has 1 aliphatic heterocycles. The SMILES string of the molecule is C[C@H]1C(=O)N(c2ccc3[nH]cnc3c2)[C@H]1c1c(F)cc(OCC(C)(C)O)cc1F. The first-order chi connectivity index (χ1) is 13.7. The molecule has 0 aliphatic carbocycles. The molecule has 0 bridgehead atoms. The Morgan fingerprint density at radius 3 is 2.59 bits per heavy atom. The van der Waals surface area contributed by atoms with Gasteiger partial charge in [-0.15, -0.1) is 0 Å². The minimum absolute atomic E-state index is 0.0197. The van der Waals surface area contributed by atoms with Crippen LogP contribution in [-0.4, -0.2) is 33.2 Å². The van der Waals surface area contributed by atoms with Gasteiger partial charge < -0.3 is 19.7 Å². The van der Waals surface area contributed by atoms with Crippen LogP contribution in [0.15, 0.2) is 36.7 Å². The molecule has 1 aliphatic rings. The normalized spacial score (nSPS) is 19.5. The van der Waals surface area contributed by atoms with E-state index < -0.39 is 29.2 Å². The van der Waals surface area contributed by atoms with E-state index in [-0.39, 0.29) is 23.8 Å². The summed E-state index contributed by atoms with van der Waals surface area (Å²) in [6, 6.07) is 6.57. The number of ether oxygens (including phenoxy) is 1. The highest BCUT2D eigenvalue weighted by molar-refractivity contribution is 6.04. The van der Waals surface area contributed by atoms with Gasteiger partial charge in [-0.3, -0.25) is 4.79 Å². The number of H-pyrrole nitrogens is 1. The smallest absolute Gasteiger partial charge is 0.232 e. The number of aromatic amines is 1. The number of rotatable bonds is 5. The number of aliphatic hydroxyl groups is 1. The summed E-state index contributed by atoms with van der Waals surface area (Å²) >= 11 is 0. The minimum Gasteiger partial charge on any atom is -0.490 e. The van der Waals surface area contributed by atoms with Crippen molar-refractivity contribution >= 4 is 22.6 Å². The number of imidazole rings is 1. The van der Waals surface area contributed by atoms with E-state index in [4.69, 9.17) is 4.74 Å². The number of β-lactam (4-membered cyclic amide) rings is 1. The van der Waals surface area contributed by atoms with Crippen molar-refractivity contribution in [2.45, 2.75) is 32.4 Å². The second-order valence-corrected chi connectivity index (χ2v) is 7.95. The molecule has 2 N–H and O–H groups in total. The van der Waals surface area contributed by atoms with Crippen LogP contribution in [0.1, 0.15) is 32.4 Å². The molecule has 29 heavy (non-hydrogen) atoms. The Labute approximate surface area is 166 Å². The molecule has 1 fully saturated rings. The van der Waals surface area contributed by atoms with E-state index in [9.17, 15) is 18.7 Å². The number of aromatic nitrogens is 2. The molecule has 0 radical (unpaired) electrons. The number of benzene rings is 2. The van der Waals surface area contributed by atoms with Crippen molar-refractivity contribution < 1.29 is 23.4 Å². The number of amides is 1. The monoisotopic (exact) mass is 401 g/mol. The van der Waals surface area contributed by atoms with E-state index in [2.05, 4.69) is 9.97 Å². The third-order valence-electron chi connectivity index (χ3n) is 5.00. The molecular weight excluding hydrogens is 380 g/mol. The van der Waals surface area contributed by atoms with Crippen molar-refractivity contribution in [1.82, 2.24) is 9.97 Å². The van der Waals surface area contributed by atoms with E-state index in [0.717, 1.165) is 17.6 Å². The Kier molecular flexibility index (Phi) is 4.53. The maximum atomic E-state index is 14.9. The van der Waals surface area contributed by atoms with Crippen molar-refractivity contribution in [3.8, 4) is 5.75 Å². The van der Waals surface area contributed by atoms with Crippen LogP contribution in [0.5, 0.6) is 5.75 Å². The molecule has 6 nitrogen and oxygen atoms in total. The molecule has 0 saturated carbocycles. The van der Waals surface area contributed by atoms with Gasteiger partial charge in [0.1, 0.15) is 24.0 Å². The molecule has 0 unspecified atom stereocenters. The van der Waals surface area contributed by atoms with Gasteiger partial charge in [0.05, 0.1) is 34.9 Å². The van der Waals surface area contributed by atoms with Gasteiger partial charge in [0.15, 0.2) is 0 Å². The van der Waals surface area contributed by atoms with E-state index in [0.29, 0.717) is 11.2 Å². The van der Waals surface area contributed by atoms with Crippen LogP contribution in [0.3, 0.4) is 0 Å². The highest BCUT2D eigenvalue weighted by Gasteiger charge is 2.48. The van der Waals surface area contributed by atoms with Gasteiger partial charge in [0.25, 0.3) is 0 Å². The van der Waals surface area contributed by atoms with E-state index in [1.807, 2.05) is 0 Å². The van der Waals surface area contributed by atoms with Gasteiger partial charge in [-0.2, -0.15) is 0 Å². The lowest BCUT2D eigenvalue weighted by Crippen LogP contribution is -2.54.